The molecule has 0 nitrogen and oxygen atoms in total. The Balaban J connectivity index is 1.45. The molecule has 28 heavy (non-hydrogen) atoms. The summed E-state index contributed by atoms with van der Waals surface area (Å²) in [5.74, 6) is 7.44. The maximum Gasteiger partial charge on any atom is 0.0642 e. The summed E-state index contributed by atoms with van der Waals surface area (Å²) in [4.78, 5) is 0. The molecule has 0 N–H and O–H groups in total. The van der Waals surface area contributed by atoms with Gasteiger partial charge >= 0.3 is 0 Å². The van der Waals surface area contributed by atoms with E-state index < -0.39 is 0 Å². The Morgan fingerprint density at radius 1 is 0.500 bits per heavy atom. The third-order valence-electron chi connectivity index (χ3n) is 5.94. The van der Waals surface area contributed by atoms with Gasteiger partial charge in [-0.05, 0) is 43.8 Å². The van der Waals surface area contributed by atoms with Gasteiger partial charge in [-0.15, -0.1) is 0 Å². The molecule has 0 spiro atoms. The highest BCUT2D eigenvalue weighted by molar-refractivity contribution is 5.97. The van der Waals surface area contributed by atoms with Gasteiger partial charge in [-0.3, -0.25) is 0 Å². The summed E-state index contributed by atoms with van der Waals surface area (Å²) >= 11 is 0. The molecular weight excluding hydrogens is 336 g/mol. The Morgan fingerprint density at radius 3 is 1.39 bits per heavy atom. The Kier molecular flexibility index (Phi) is 3.31. The third kappa shape index (κ3) is 2.27. The van der Waals surface area contributed by atoms with Crippen molar-refractivity contribution < 1.29 is 0 Å². The molecule has 0 fully saturated rings. The lowest BCUT2D eigenvalue weighted by atomic mass is 9.84. The first-order valence-electron chi connectivity index (χ1n) is 9.79. The van der Waals surface area contributed by atoms with Crippen molar-refractivity contribution in [3.8, 4) is 11.8 Å². The lowest BCUT2D eigenvalue weighted by Gasteiger charge is -2.19. The molecule has 4 aromatic carbocycles. The predicted octanol–water partition coefficient (Wildman–Crippen LogP) is 6.92. The van der Waals surface area contributed by atoms with Gasteiger partial charge in [0.1, 0.15) is 0 Å². The topological polar surface area (TPSA) is 0 Å². The highest BCUT2D eigenvalue weighted by atomic mass is 14.2. The molecule has 0 bridgehead atoms. The lowest BCUT2D eigenvalue weighted by Crippen LogP contribution is -2.02. The second-order valence-corrected chi connectivity index (χ2v) is 7.55. The van der Waals surface area contributed by atoms with Crippen LogP contribution in [0.4, 0.5) is 0 Å². The molecule has 2 unspecified atom stereocenters. The first kappa shape index (κ1) is 15.5. The van der Waals surface area contributed by atoms with Crippen molar-refractivity contribution in [3.63, 3.8) is 0 Å². The summed E-state index contributed by atoms with van der Waals surface area (Å²) in [5, 5.41) is 5.28. The van der Waals surface area contributed by atoms with Crippen LogP contribution in [0.3, 0.4) is 0 Å². The van der Waals surface area contributed by atoms with Crippen molar-refractivity contribution >= 4 is 33.7 Å². The van der Waals surface area contributed by atoms with E-state index in [1.807, 2.05) is 0 Å². The molecule has 0 heteroatoms. The number of benzene rings is 4. The van der Waals surface area contributed by atoms with Gasteiger partial charge in [0.25, 0.3) is 0 Å². The van der Waals surface area contributed by atoms with Crippen LogP contribution in [0.2, 0.25) is 0 Å². The van der Waals surface area contributed by atoms with Crippen molar-refractivity contribution in [2.24, 2.45) is 0 Å². The minimum atomic E-state index is 0.142. The van der Waals surface area contributed by atoms with E-state index >= 15 is 0 Å². The molecule has 0 aliphatic heterocycles. The van der Waals surface area contributed by atoms with E-state index in [-0.39, 0.29) is 11.8 Å². The van der Waals surface area contributed by atoms with Crippen molar-refractivity contribution in [2.75, 3.05) is 0 Å². The van der Waals surface area contributed by atoms with Crippen LogP contribution in [0, 0.1) is 11.8 Å². The number of rotatable bonds is 0. The van der Waals surface area contributed by atoms with Crippen LogP contribution < -0.4 is 0 Å². The normalized spacial score (nSPS) is 18.9. The SMILES string of the molecule is C(#CC1C=Cc2cccc3cccc1c23)C1C=Cc2cccc3cccc1c23. The minimum Gasteiger partial charge on any atom is -0.0899 e. The summed E-state index contributed by atoms with van der Waals surface area (Å²) < 4.78 is 0. The maximum absolute atomic E-state index is 3.58. The van der Waals surface area contributed by atoms with Crippen LogP contribution in [0.1, 0.15) is 34.1 Å². The molecule has 2 atom stereocenters. The second kappa shape index (κ2) is 5.98. The first-order chi connectivity index (χ1) is 13.9. The van der Waals surface area contributed by atoms with Gasteiger partial charge in [-0.25, -0.2) is 0 Å². The molecule has 0 saturated heterocycles. The fourth-order valence-electron chi connectivity index (χ4n) is 4.63. The van der Waals surface area contributed by atoms with Crippen molar-refractivity contribution in [1.82, 2.24) is 0 Å². The predicted molar refractivity (Wildman–Crippen MR) is 119 cm³/mol. The molecule has 2 aliphatic carbocycles. The van der Waals surface area contributed by atoms with Crippen LogP contribution in [0.5, 0.6) is 0 Å². The zero-order valence-electron chi connectivity index (χ0n) is 15.4. The molecule has 2 aliphatic rings. The fourth-order valence-corrected chi connectivity index (χ4v) is 4.63. The first-order valence-corrected chi connectivity index (χ1v) is 9.79. The molecule has 6 rings (SSSR count). The molecule has 0 heterocycles. The molecule has 0 amide bonds. The Morgan fingerprint density at radius 2 is 0.929 bits per heavy atom. The van der Waals surface area contributed by atoms with Crippen LogP contribution in [-0.4, -0.2) is 0 Å². The molecule has 0 aromatic heterocycles. The summed E-state index contributed by atoms with van der Waals surface area (Å²) in [6.07, 6.45) is 8.93. The van der Waals surface area contributed by atoms with E-state index in [0.717, 1.165) is 0 Å². The molecule has 4 aromatic rings. The zero-order chi connectivity index (χ0) is 18.5. The summed E-state index contributed by atoms with van der Waals surface area (Å²) in [6.45, 7) is 0. The van der Waals surface area contributed by atoms with Crippen LogP contribution in [-0.2, 0) is 0 Å². The van der Waals surface area contributed by atoms with Gasteiger partial charge in [-0.2, -0.15) is 0 Å². The average Bonchev–Trinajstić information content (AvgIpc) is 2.75. The van der Waals surface area contributed by atoms with E-state index in [2.05, 4.69) is 109 Å². The number of hydrogen-bond acceptors (Lipinski definition) is 0. The number of allylic oxidation sites excluding steroid dienone is 2. The van der Waals surface area contributed by atoms with Crippen LogP contribution >= 0.6 is 0 Å². The smallest absolute Gasteiger partial charge is 0.0642 e. The standard InChI is InChI=1S/C28H18/c1-5-21-9-3-11-25-19(15-17-23(7-1)27(21)25)13-14-20-16-18-24-8-2-6-22-10-4-12-26(20)28(22)24/h1-12,15-20H. The molecule has 130 valence electrons. The lowest BCUT2D eigenvalue weighted by molar-refractivity contribution is 1.10. The zero-order valence-corrected chi connectivity index (χ0v) is 15.4. The largest absolute Gasteiger partial charge is 0.0899 e. The van der Waals surface area contributed by atoms with Crippen molar-refractivity contribution in [2.45, 2.75) is 11.8 Å². The van der Waals surface area contributed by atoms with E-state index in [1.165, 1.54) is 43.8 Å². The Hall–Kier alpha value is -3.56. The van der Waals surface area contributed by atoms with Crippen molar-refractivity contribution in [3.05, 3.63) is 107 Å². The van der Waals surface area contributed by atoms with E-state index in [1.54, 1.807) is 0 Å². The summed E-state index contributed by atoms with van der Waals surface area (Å²) in [7, 11) is 0. The number of hydrogen-bond donors (Lipinski definition) is 0. The highest BCUT2D eigenvalue weighted by Gasteiger charge is 2.18. The molecular formula is C28H18. The Bertz CT molecular complexity index is 1260. The molecule has 0 radical (unpaired) electrons. The van der Waals surface area contributed by atoms with E-state index in [4.69, 9.17) is 0 Å². The van der Waals surface area contributed by atoms with E-state index in [0.29, 0.717) is 0 Å². The third-order valence-corrected chi connectivity index (χ3v) is 5.94. The van der Waals surface area contributed by atoms with E-state index in [9.17, 15) is 0 Å². The quantitative estimate of drug-likeness (QED) is 0.301. The van der Waals surface area contributed by atoms with Gasteiger partial charge in [-0.1, -0.05) is 109 Å². The monoisotopic (exact) mass is 354 g/mol. The maximum atomic E-state index is 3.58. The highest BCUT2D eigenvalue weighted by Crippen LogP contribution is 2.36. The average molecular weight is 354 g/mol. The van der Waals surface area contributed by atoms with Crippen LogP contribution in [0.25, 0.3) is 33.7 Å². The fraction of sp³-hybridized carbons (Fsp3) is 0.0714. The van der Waals surface area contributed by atoms with Crippen molar-refractivity contribution in [1.29, 1.82) is 0 Å². The Labute approximate surface area is 164 Å². The summed E-state index contributed by atoms with van der Waals surface area (Å²) in [5.41, 5.74) is 5.23. The van der Waals surface area contributed by atoms with Crippen LogP contribution in [0.15, 0.2) is 84.9 Å². The van der Waals surface area contributed by atoms with Gasteiger partial charge in [0.15, 0.2) is 0 Å². The van der Waals surface area contributed by atoms with Gasteiger partial charge in [0, 0.05) is 0 Å². The molecule has 0 saturated carbocycles. The van der Waals surface area contributed by atoms with Gasteiger partial charge in [0.2, 0.25) is 0 Å². The minimum absolute atomic E-state index is 0.142. The summed E-state index contributed by atoms with van der Waals surface area (Å²) in [6, 6.07) is 26.1. The van der Waals surface area contributed by atoms with Gasteiger partial charge < -0.3 is 0 Å². The second-order valence-electron chi connectivity index (χ2n) is 7.55. The van der Waals surface area contributed by atoms with Gasteiger partial charge in [0.05, 0.1) is 11.8 Å².